The Balaban J connectivity index is 1.85. The van der Waals surface area contributed by atoms with Crippen LogP contribution in [0.3, 0.4) is 0 Å². The number of amides is 1. The van der Waals surface area contributed by atoms with Gasteiger partial charge < -0.3 is 20.1 Å². The maximum atomic E-state index is 13.7. The van der Waals surface area contributed by atoms with Crippen molar-refractivity contribution in [3.8, 4) is 11.5 Å². The molecule has 1 amide bonds. The fourth-order valence-electron chi connectivity index (χ4n) is 3.59. The van der Waals surface area contributed by atoms with Gasteiger partial charge in [0, 0.05) is 12.1 Å². The van der Waals surface area contributed by atoms with Crippen molar-refractivity contribution in [2.75, 3.05) is 26.8 Å². The van der Waals surface area contributed by atoms with Crippen molar-refractivity contribution in [3.63, 3.8) is 0 Å². The third-order valence-corrected chi connectivity index (χ3v) is 5.01. The van der Waals surface area contributed by atoms with E-state index >= 15 is 0 Å². The summed E-state index contributed by atoms with van der Waals surface area (Å²) in [7, 11) is 1.57. The van der Waals surface area contributed by atoms with Gasteiger partial charge in [0.05, 0.1) is 19.8 Å². The van der Waals surface area contributed by atoms with Gasteiger partial charge in [-0.2, -0.15) is 0 Å². The van der Waals surface area contributed by atoms with E-state index in [1.165, 1.54) is 12.1 Å². The van der Waals surface area contributed by atoms with Crippen LogP contribution in [0.2, 0.25) is 0 Å². The standard InChI is InChI=1S/C22H27FN2O3/c1-27-20-10-9-17(15-21(20)28-13-5-11-24)22(26)25-12-3-2-8-19(25)16-6-4-7-18(23)14-16/h4,6-7,9-10,14-15,19H,2-3,5,8,11-13,24H2,1H3. The Bertz CT molecular complexity index is 812. The van der Waals surface area contributed by atoms with Gasteiger partial charge >= 0.3 is 0 Å². The molecule has 150 valence electrons. The van der Waals surface area contributed by atoms with Gasteiger partial charge in [0.25, 0.3) is 5.91 Å². The highest BCUT2D eigenvalue weighted by Crippen LogP contribution is 2.34. The number of nitrogens with zero attached hydrogens (tertiary/aromatic N) is 1. The summed E-state index contributed by atoms with van der Waals surface area (Å²) in [6, 6.07) is 11.6. The second-order valence-corrected chi connectivity index (χ2v) is 6.92. The first kappa shape index (κ1) is 20.1. The second-order valence-electron chi connectivity index (χ2n) is 6.92. The predicted octanol–water partition coefficient (Wildman–Crippen LogP) is 3.93. The largest absolute Gasteiger partial charge is 0.493 e. The second kappa shape index (κ2) is 9.55. The van der Waals surface area contributed by atoms with Crippen LogP contribution in [0.1, 0.15) is 47.6 Å². The van der Waals surface area contributed by atoms with Gasteiger partial charge in [-0.25, -0.2) is 4.39 Å². The molecule has 28 heavy (non-hydrogen) atoms. The van der Waals surface area contributed by atoms with Crippen LogP contribution in [0.5, 0.6) is 11.5 Å². The number of benzene rings is 2. The van der Waals surface area contributed by atoms with Gasteiger partial charge in [0.2, 0.25) is 0 Å². The highest BCUT2D eigenvalue weighted by Gasteiger charge is 2.29. The molecule has 0 saturated carbocycles. The molecule has 0 spiro atoms. The van der Waals surface area contributed by atoms with E-state index in [9.17, 15) is 9.18 Å². The zero-order valence-electron chi connectivity index (χ0n) is 16.2. The van der Waals surface area contributed by atoms with E-state index in [0.717, 1.165) is 31.2 Å². The Morgan fingerprint density at radius 1 is 1.21 bits per heavy atom. The maximum absolute atomic E-state index is 13.7. The minimum absolute atomic E-state index is 0.0831. The first-order valence-corrected chi connectivity index (χ1v) is 9.71. The quantitative estimate of drug-likeness (QED) is 0.733. The minimum atomic E-state index is -0.282. The number of nitrogens with two attached hydrogens (primary N) is 1. The average molecular weight is 386 g/mol. The molecule has 1 heterocycles. The molecule has 1 aliphatic rings. The van der Waals surface area contributed by atoms with Crippen LogP contribution in [0, 0.1) is 5.82 Å². The van der Waals surface area contributed by atoms with E-state index in [1.54, 1.807) is 31.4 Å². The molecule has 6 heteroatoms. The molecule has 1 saturated heterocycles. The number of hydrogen-bond donors (Lipinski definition) is 1. The van der Waals surface area contributed by atoms with Crippen LogP contribution in [0.4, 0.5) is 4.39 Å². The van der Waals surface area contributed by atoms with Crippen molar-refractivity contribution in [2.45, 2.75) is 31.7 Å². The lowest BCUT2D eigenvalue weighted by Crippen LogP contribution is -2.38. The monoisotopic (exact) mass is 386 g/mol. The summed E-state index contributed by atoms with van der Waals surface area (Å²) < 4.78 is 24.8. The van der Waals surface area contributed by atoms with Gasteiger partial charge in [-0.1, -0.05) is 12.1 Å². The van der Waals surface area contributed by atoms with Crippen molar-refractivity contribution in [2.24, 2.45) is 5.73 Å². The topological polar surface area (TPSA) is 64.8 Å². The zero-order valence-corrected chi connectivity index (χ0v) is 16.2. The molecule has 0 aliphatic carbocycles. The van der Waals surface area contributed by atoms with Gasteiger partial charge in [-0.15, -0.1) is 0 Å². The Kier molecular flexibility index (Phi) is 6.87. The van der Waals surface area contributed by atoms with Crippen LogP contribution in [0.25, 0.3) is 0 Å². The van der Waals surface area contributed by atoms with E-state index in [-0.39, 0.29) is 17.8 Å². The smallest absolute Gasteiger partial charge is 0.254 e. The highest BCUT2D eigenvalue weighted by atomic mass is 19.1. The molecule has 0 bridgehead atoms. The van der Waals surface area contributed by atoms with Gasteiger partial charge in [0.15, 0.2) is 11.5 Å². The van der Waals surface area contributed by atoms with Crippen LogP contribution in [-0.2, 0) is 0 Å². The fraction of sp³-hybridized carbons (Fsp3) is 0.409. The predicted molar refractivity (Wildman–Crippen MR) is 106 cm³/mol. The first-order chi connectivity index (χ1) is 13.6. The number of rotatable bonds is 7. The lowest BCUT2D eigenvalue weighted by Gasteiger charge is -2.36. The number of ether oxygens (including phenoxy) is 2. The summed E-state index contributed by atoms with van der Waals surface area (Å²) in [4.78, 5) is 15.1. The lowest BCUT2D eigenvalue weighted by atomic mass is 9.94. The normalized spacial score (nSPS) is 16.7. The number of carbonyl (C=O) groups is 1. The Morgan fingerprint density at radius 3 is 2.82 bits per heavy atom. The fourth-order valence-corrected chi connectivity index (χ4v) is 3.59. The number of likely N-dealkylation sites (tertiary alicyclic amines) is 1. The van der Waals surface area contributed by atoms with Crippen molar-refractivity contribution >= 4 is 5.91 Å². The summed E-state index contributed by atoms with van der Waals surface area (Å²) in [5.74, 6) is 0.741. The van der Waals surface area contributed by atoms with Crippen molar-refractivity contribution < 1.29 is 18.7 Å². The molecular formula is C22H27FN2O3. The van der Waals surface area contributed by atoms with E-state index in [2.05, 4.69) is 0 Å². The molecule has 0 radical (unpaired) electrons. The summed E-state index contributed by atoms with van der Waals surface area (Å²) in [5.41, 5.74) is 6.89. The zero-order chi connectivity index (χ0) is 19.9. The molecule has 2 aromatic rings. The number of halogens is 1. The molecular weight excluding hydrogens is 359 g/mol. The molecule has 1 aliphatic heterocycles. The summed E-state index contributed by atoms with van der Waals surface area (Å²) >= 11 is 0. The third-order valence-electron chi connectivity index (χ3n) is 5.01. The highest BCUT2D eigenvalue weighted by molar-refractivity contribution is 5.95. The third kappa shape index (κ3) is 4.62. The molecule has 2 aromatic carbocycles. The van der Waals surface area contributed by atoms with E-state index in [1.807, 2.05) is 11.0 Å². The minimum Gasteiger partial charge on any atom is -0.493 e. The Hall–Kier alpha value is -2.60. The van der Waals surface area contributed by atoms with Crippen molar-refractivity contribution in [1.82, 2.24) is 4.90 Å². The molecule has 1 fully saturated rings. The summed E-state index contributed by atoms with van der Waals surface area (Å²) in [6.45, 7) is 1.64. The molecule has 1 atom stereocenters. The molecule has 2 N–H and O–H groups in total. The van der Waals surface area contributed by atoms with Gasteiger partial charge in [-0.3, -0.25) is 4.79 Å². The first-order valence-electron chi connectivity index (χ1n) is 9.71. The Labute approximate surface area is 165 Å². The Morgan fingerprint density at radius 2 is 2.07 bits per heavy atom. The van der Waals surface area contributed by atoms with Crippen LogP contribution in [-0.4, -0.2) is 37.6 Å². The number of hydrogen-bond acceptors (Lipinski definition) is 4. The summed E-state index contributed by atoms with van der Waals surface area (Å²) in [5, 5.41) is 0. The molecule has 0 aromatic heterocycles. The van der Waals surface area contributed by atoms with Crippen molar-refractivity contribution in [3.05, 3.63) is 59.4 Å². The number of carbonyl (C=O) groups excluding carboxylic acids is 1. The number of piperidine rings is 1. The van der Waals surface area contributed by atoms with Gasteiger partial charge in [0.1, 0.15) is 5.82 Å². The summed E-state index contributed by atoms with van der Waals surface area (Å²) in [6.07, 6.45) is 3.49. The van der Waals surface area contributed by atoms with Crippen LogP contribution < -0.4 is 15.2 Å². The molecule has 1 unspecified atom stereocenters. The van der Waals surface area contributed by atoms with Crippen LogP contribution in [0.15, 0.2) is 42.5 Å². The van der Waals surface area contributed by atoms with E-state index in [0.29, 0.717) is 36.8 Å². The lowest BCUT2D eigenvalue weighted by molar-refractivity contribution is 0.0610. The molecule has 3 rings (SSSR count). The average Bonchev–Trinajstić information content (AvgIpc) is 2.73. The van der Waals surface area contributed by atoms with E-state index in [4.69, 9.17) is 15.2 Å². The van der Waals surface area contributed by atoms with Crippen molar-refractivity contribution in [1.29, 1.82) is 0 Å². The van der Waals surface area contributed by atoms with E-state index < -0.39 is 0 Å². The van der Waals surface area contributed by atoms with Gasteiger partial charge in [-0.05, 0) is 68.1 Å². The SMILES string of the molecule is COc1ccc(C(=O)N2CCCCC2c2cccc(F)c2)cc1OCCCN. The maximum Gasteiger partial charge on any atom is 0.254 e. The van der Waals surface area contributed by atoms with Crippen LogP contribution >= 0.6 is 0 Å². The molecule has 5 nitrogen and oxygen atoms in total. The number of methoxy groups -OCH3 is 1.